The van der Waals surface area contributed by atoms with Crippen LogP contribution in [0.2, 0.25) is 0 Å². The predicted octanol–water partition coefficient (Wildman–Crippen LogP) is 2.29. The number of furan rings is 1. The first-order valence-electron chi connectivity index (χ1n) is 9.05. The smallest absolute Gasteiger partial charge is 0.308 e. The molecule has 1 heterocycles. The molecule has 3 rings (SSSR count). The van der Waals surface area contributed by atoms with Crippen molar-refractivity contribution in [2.75, 3.05) is 7.11 Å². The summed E-state index contributed by atoms with van der Waals surface area (Å²) in [5.74, 6) is -7.71. The van der Waals surface area contributed by atoms with Crippen molar-refractivity contribution in [3.05, 3.63) is 34.5 Å². The molecule has 0 amide bonds. The van der Waals surface area contributed by atoms with Crippen molar-refractivity contribution < 1.29 is 52.1 Å². The zero-order valence-electron chi connectivity index (χ0n) is 17.6. The normalized spacial score (nSPS) is 13.0. The van der Waals surface area contributed by atoms with Gasteiger partial charge < -0.3 is 23.4 Å². The van der Waals surface area contributed by atoms with Gasteiger partial charge in [0.1, 0.15) is 11.0 Å². The van der Waals surface area contributed by atoms with Gasteiger partial charge in [-0.15, -0.1) is 0 Å². The number of carbonyl (C=O) groups is 6. The lowest BCUT2D eigenvalue weighted by Gasteiger charge is -2.21. The Kier molecular flexibility index (Phi) is 5.67. The maximum atomic E-state index is 13.2. The number of methoxy groups -OCH3 is 1. The highest BCUT2D eigenvalue weighted by Crippen LogP contribution is 2.46. The van der Waals surface area contributed by atoms with Crippen molar-refractivity contribution in [3.63, 3.8) is 0 Å². The second-order valence-corrected chi connectivity index (χ2v) is 6.62. The van der Waals surface area contributed by atoms with Crippen LogP contribution in [0, 0.1) is 0 Å². The molecule has 0 fully saturated rings. The van der Waals surface area contributed by atoms with Crippen molar-refractivity contribution in [3.8, 4) is 11.5 Å². The number of carbonyl (C=O) groups excluding carboxylic acids is 6. The molecule has 0 atom stereocenters. The Morgan fingerprint density at radius 1 is 0.781 bits per heavy atom. The van der Waals surface area contributed by atoms with Gasteiger partial charge in [0, 0.05) is 33.3 Å². The van der Waals surface area contributed by atoms with Crippen molar-refractivity contribution in [1.29, 1.82) is 0 Å². The molecule has 0 saturated heterocycles. The van der Waals surface area contributed by atoms with Crippen LogP contribution in [0.25, 0.3) is 11.0 Å². The van der Waals surface area contributed by atoms with Gasteiger partial charge in [-0.2, -0.15) is 0 Å². The first-order valence-corrected chi connectivity index (χ1v) is 9.05. The SMILES string of the molecule is COC1=C(OC(C)=O)C(=O)c2c(cc3oc(C(C)=O)c(OC(C)=O)c3c2OC(C)=O)C1=O. The average Bonchev–Trinajstić information content (AvgIpc) is 3.03. The van der Waals surface area contributed by atoms with Crippen LogP contribution in [0.15, 0.2) is 22.0 Å². The molecule has 11 nitrogen and oxygen atoms in total. The Balaban J connectivity index is 2.48. The van der Waals surface area contributed by atoms with E-state index in [1.54, 1.807) is 0 Å². The van der Waals surface area contributed by atoms with E-state index in [-0.39, 0.29) is 16.5 Å². The molecular weight excluding hydrogens is 428 g/mol. The lowest BCUT2D eigenvalue weighted by Crippen LogP contribution is -2.26. The van der Waals surface area contributed by atoms with E-state index >= 15 is 0 Å². The third kappa shape index (κ3) is 3.64. The molecule has 1 aromatic heterocycles. The second kappa shape index (κ2) is 8.10. The lowest BCUT2D eigenvalue weighted by molar-refractivity contribution is -0.137. The minimum Gasteiger partial charge on any atom is -0.489 e. The predicted molar refractivity (Wildman–Crippen MR) is 103 cm³/mol. The first-order chi connectivity index (χ1) is 15.0. The van der Waals surface area contributed by atoms with Gasteiger partial charge >= 0.3 is 17.9 Å². The van der Waals surface area contributed by atoms with E-state index in [0.717, 1.165) is 40.9 Å². The summed E-state index contributed by atoms with van der Waals surface area (Å²) in [4.78, 5) is 73.3. The molecule has 0 unspecified atom stereocenters. The van der Waals surface area contributed by atoms with Gasteiger partial charge in [0.05, 0.1) is 12.7 Å². The molecule has 0 N–H and O–H groups in total. The quantitative estimate of drug-likeness (QED) is 0.379. The third-order valence-electron chi connectivity index (χ3n) is 4.24. The number of fused-ring (bicyclic) bond motifs is 2. The van der Waals surface area contributed by atoms with E-state index in [4.69, 9.17) is 23.4 Å². The fourth-order valence-electron chi connectivity index (χ4n) is 3.19. The zero-order chi connectivity index (χ0) is 23.9. The molecule has 0 aliphatic heterocycles. The Morgan fingerprint density at radius 2 is 1.34 bits per heavy atom. The summed E-state index contributed by atoms with van der Waals surface area (Å²) in [5, 5.41) is -0.205. The fourth-order valence-corrected chi connectivity index (χ4v) is 3.19. The second-order valence-electron chi connectivity index (χ2n) is 6.62. The Bertz CT molecular complexity index is 1270. The van der Waals surface area contributed by atoms with Gasteiger partial charge in [0.25, 0.3) is 0 Å². The van der Waals surface area contributed by atoms with Crippen LogP contribution in [0.4, 0.5) is 0 Å². The summed E-state index contributed by atoms with van der Waals surface area (Å²) < 4.78 is 25.6. The molecule has 166 valence electrons. The van der Waals surface area contributed by atoms with E-state index in [2.05, 4.69) is 0 Å². The highest BCUT2D eigenvalue weighted by molar-refractivity contribution is 6.29. The molecule has 32 heavy (non-hydrogen) atoms. The van der Waals surface area contributed by atoms with E-state index in [0.29, 0.717) is 0 Å². The molecule has 0 bridgehead atoms. The molecule has 0 saturated carbocycles. The number of ether oxygens (including phenoxy) is 4. The number of hydrogen-bond acceptors (Lipinski definition) is 11. The van der Waals surface area contributed by atoms with Gasteiger partial charge in [-0.1, -0.05) is 0 Å². The maximum absolute atomic E-state index is 13.2. The number of allylic oxidation sites excluding steroid dienone is 2. The summed E-state index contributed by atoms with van der Waals surface area (Å²) in [6.07, 6.45) is 0. The van der Waals surface area contributed by atoms with Crippen molar-refractivity contribution in [2.45, 2.75) is 27.7 Å². The van der Waals surface area contributed by atoms with Gasteiger partial charge in [-0.25, -0.2) is 0 Å². The van der Waals surface area contributed by atoms with Crippen molar-refractivity contribution in [1.82, 2.24) is 0 Å². The number of ketones is 3. The molecule has 11 heteroatoms. The summed E-state index contributed by atoms with van der Waals surface area (Å²) in [5.41, 5.74) is -0.933. The number of esters is 3. The number of hydrogen-bond donors (Lipinski definition) is 0. The molecule has 0 spiro atoms. The minimum atomic E-state index is -1.01. The van der Waals surface area contributed by atoms with Gasteiger partial charge in [0.2, 0.25) is 28.8 Å². The average molecular weight is 444 g/mol. The monoisotopic (exact) mass is 444 g/mol. The van der Waals surface area contributed by atoms with Crippen LogP contribution in [-0.4, -0.2) is 42.4 Å². The Hall–Kier alpha value is -4.28. The standard InChI is InChI=1S/C21H16O11/c1-7(22)17-19(30-9(3)24)14-12(32-17)6-11-13(18(14)29-8(2)23)16(27)21(31-10(4)25)20(28-5)15(11)26/h6H,1-5H3. The zero-order valence-corrected chi connectivity index (χ0v) is 17.6. The Labute approximate surface area is 179 Å². The van der Waals surface area contributed by atoms with Crippen LogP contribution in [0.5, 0.6) is 11.5 Å². The molecule has 2 aromatic rings. The molecular formula is C21H16O11. The van der Waals surface area contributed by atoms with E-state index in [9.17, 15) is 28.8 Å². The third-order valence-corrected chi connectivity index (χ3v) is 4.24. The van der Waals surface area contributed by atoms with Gasteiger partial charge in [-0.05, 0) is 6.07 Å². The van der Waals surface area contributed by atoms with Gasteiger partial charge in [0.15, 0.2) is 17.3 Å². The van der Waals surface area contributed by atoms with Crippen molar-refractivity contribution >= 4 is 46.2 Å². The topological polar surface area (TPSA) is 152 Å². The van der Waals surface area contributed by atoms with Crippen LogP contribution >= 0.6 is 0 Å². The van der Waals surface area contributed by atoms with Crippen LogP contribution in [0.3, 0.4) is 0 Å². The van der Waals surface area contributed by atoms with E-state index < -0.39 is 69.6 Å². The fraction of sp³-hybridized carbons (Fsp3) is 0.238. The highest BCUT2D eigenvalue weighted by Gasteiger charge is 2.41. The summed E-state index contributed by atoms with van der Waals surface area (Å²) in [7, 11) is 1.10. The largest absolute Gasteiger partial charge is 0.489 e. The van der Waals surface area contributed by atoms with Crippen LogP contribution in [-0.2, 0) is 23.9 Å². The highest BCUT2D eigenvalue weighted by atomic mass is 16.6. The summed E-state index contributed by atoms with van der Waals surface area (Å²) in [6.45, 7) is 4.24. The minimum absolute atomic E-state index is 0.172. The molecule has 1 aromatic carbocycles. The molecule has 0 radical (unpaired) electrons. The maximum Gasteiger partial charge on any atom is 0.308 e. The van der Waals surface area contributed by atoms with Crippen LogP contribution < -0.4 is 9.47 Å². The first kappa shape index (κ1) is 22.4. The number of benzene rings is 1. The number of rotatable bonds is 5. The number of Topliss-reactive ketones (excluding diaryl/α,β-unsaturated/α-hetero) is 3. The molecule has 1 aliphatic carbocycles. The lowest BCUT2D eigenvalue weighted by atomic mass is 9.89. The van der Waals surface area contributed by atoms with Crippen molar-refractivity contribution in [2.24, 2.45) is 0 Å². The van der Waals surface area contributed by atoms with E-state index in [1.165, 1.54) is 0 Å². The Morgan fingerprint density at radius 3 is 1.84 bits per heavy atom. The summed E-state index contributed by atoms with van der Waals surface area (Å²) in [6, 6.07) is 1.11. The van der Waals surface area contributed by atoms with E-state index in [1.807, 2.05) is 0 Å². The molecule has 1 aliphatic rings. The van der Waals surface area contributed by atoms with Gasteiger partial charge in [-0.3, -0.25) is 28.8 Å². The summed E-state index contributed by atoms with van der Waals surface area (Å²) >= 11 is 0. The van der Waals surface area contributed by atoms with Crippen LogP contribution in [0.1, 0.15) is 59.0 Å².